The number of fused-ring (bicyclic) bond motifs is 18. The molecule has 0 aliphatic carbocycles. The number of hydrogen-bond acceptors (Lipinski definition) is 8. The zero-order valence-electron chi connectivity index (χ0n) is 70.1. The molecule has 10 heteroatoms. The molecule has 0 unspecified atom stereocenters. The van der Waals surface area contributed by atoms with Gasteiger partial charge in [-0.1, -0.05) is 346 Å². The topological polar surface area (TPSA) is 113 Å². The van der Waals surface area contributed by atoms with Crippen molar-refractivity contribution in [3.63, 3.8) is 0 Å². The number of rotatable bonds is 13. The Morgan fingerprint density at radius 1 is 0.146 bits per heavy atom. The smallest absolute Gasteiger partial charge is 0.164 e. The summed E-state index contributed by atoms with van der Waals surface area (Å²) in [5.74, 6) is 3.64. The summed E-state index contributed by atoms with van der Waals surface area (Å²) in [6.45, 7) is 0. The summed E-state index contributed by atoms with van der Waals surface area (Å²) in [5.41, 5.74) is 26.9. The predicted octanol–water partition coefficient (Wildman–Crippen LogP) is 31.5. The Morgan fingerprint density at radius 2 is 0.423 bits per heavy atom. The lowest BCUT2D eigenvalue weighted by Crippen LogP contribution is -2.00. The maximum absolute atomic E-state index is 6.69. The monoisotopic (exact) mass is 1660 g/mol. The lowest BCUT2D eigenvalue weighted by atomic mass is 9.92. The average molecular weight is 1660 g/mol. The van der Waals surface area contributed by atoms with Crippen molar-refractivity contribution in [3.05, 3.63) is 449 Å². The molecule has 0 aliphatic heterocycles. The summed E-state index contributed by atoms with van der Waals surface area (Å²) in [6, 6.07) is 158. The predicted molar refractivity (Wildman–Crippen MR) is 535 cm³/mol. The highest BCUT2D eigenvalue weighted by Gasteiger charge is 2.25. The van der Waals surface area contributed by atoms with Crippen LogP contribution < -0.4 is 0 Å². The van der Waals surface area contributed by atoms with E-state index in [1.54, 1.807) is 0 Å². The second-order valence-electron chi connectivity index (χ2n) is 33.1. The Morgan fingerprint density at radius 3 is 0.869 bits per heavy atom. The van der Waals surface area contributed by atoms with Crippen LogP contribution in [0.3, 0.4) is 0 Å². The molecule has 0 saturated carbocycles. The van der Waals surface area contributed by atoms with Crippen LogP contribution in [0.25, 0.3) is 255 Å². The van der Waals surface area contributed by atoms with Crippen LogP contribution in [0, 0.1) is 0 Å². The quantitative estimate of drug-likeness (QED) is 0.105. The first-order valence-electron chi connectivity index (χ1n) is 43.8. The lowest BCUT2D eigenvalue weighted by Gasteiger charge is -2.13. The van der Waals surface area contributed by atoms with Crippen molar-refractivity contribution in [2.75, 3.05) is 0 Å². The van der Waals surface area contributed by atoms with E-state index < -0.39 is 0 Å². The van der Waals surface area contributed by atoms with Gasteiger partial charge in [-0.3, -0.25) is 0 Å². The molecule has 0 amide bonds. The minimum Gasteiger partial charge on any atom is -0.456 e. The molecule has 0 bridgehead atoms. The Labute approximate surface area is 746 Å². The molecule has 0 spiro atoms. The fraction of sp³-hybridized carbons (Fsp3) is 0. The summed E-state index contributed by atoms with van der Waals surface area (Å²) in [5, 5.41) is 16.7. The van der Waals surface area contributed by atoms with Gasteiger partial charge in [-0.2, -0.15) is 0 Å². The Kier molecular flexibility index (Phi) is 18.0. The SMILES string of the molecule is c1ccc(-c2cccc(-c3nc(-c4ccccc4)nc(-c4ccc5c(c4)oc4cccc(-c6ccc7c8cc(-c9ccccc9)ccc8n(-c8ccccc8)c7c6)c45)n3)c2)cc1.c1ccc(-c2nc(-c3ccccc3)nc(-c3ccc4c(c3)oc3cccc(-c5ccc6c7ccc(-c8ccc9c%10ccccc%10c%10ccccc%10c9c8)cc7n(-c7ccccc7)c6c5)c34)n2)cc1. The maximum atomic E-state index is 6.69. The first kappa shape index (κ1) is 75.0. The fourth-order valence-electron chi connectivity index (χ4n) is 19.3. The normalized spacial score (nSPS) is 11.7. The molecule has 6 aromatic heterocycles. The summed E-state index contributed by atoms with van der Waals surface area (Å²) >= 11 is 0. The van der Waals surface area contributed by atoms with Crippen LogP contribution >= 0.6 is 0 Å². The van der Waals surface area contributed by atoms with Crippen molar-refractivity contribution in [2.24, 2.45) is 0 Å². The van der Waals surface area contributed by atoms with Crippen LogP contribution in [0.15, 0.2) is 458 Å². The molecule has 26 aromatic rings. The number of para-hydroxylation sites is 2. The highest BCUT2D eigenvalue weighted by atomic mass is 16.3. The third kappa shape index (κ3) is 13.1. The van der Waals surface area contributed by atoms with Crippen molar-refractivity contribution >= 4 is 120 Å². The molecule has 0 atom stereocenters. The van der Waals surface area contributed by atoms with E-state index in [2.05, 4.69) is 361 Å². The third-order valence-electron chi connectivity index (χ3n) is 25.5. The van der Waals surface area contributed by atoms with Crippen LogP contribution in [-0.2, 0) is 0 Å². The van der Waals surface area contributed by atoms with Crippen LogP contribution in [0.5, 0.6) is 0 Å². The van der Waals surface area contributed by atoms with E-state index in [1.807, 2.05) is 97.1 Å². The van der Waals surface area contributed by atoms with Gasteiger partial charge in [0.25, 0.3) is 0 Å². The van der Waals surface area contributed by atoms with E-state index in [4.69, 9.17) is 38.7 Å². The first-order valence-corrected chi connectivity index (χ1v) is 43.8. The van der Waals surface area contributed by atoms with Crippen molar-refractivity contribution < 1.29 is 8.83 Å². The molecule has 0 aliphatic rings. The number of benzene rings is 20. The van der Waals surface area contributed by atoms with Crippen molar-refractivity contribution in [1.82, 2.24) is 39.0 Å². The van der Waals surface area contributed by atoms with Crippen LogP contribution in [0.2, 0.25) is 0 Å². The average Bonchev–Trinajstić information content (AvgIpc) is 1.65. The van der Waals surface area contributed by atoms with Crippen LogP contribution in [0.4, 0.5) is 0 Å². The molecule has 6 heterocycles. The summed E-state index contributed by atoms with van der Waals surface area (Å²) < 4.78 is 18.2. The lowest BCUT2D eigenvalue weighted by molar-refractivity contribution is 0.668. The van der Waals surface area contributed by atoms with Crippen molar-refractivity contribution in [3.8, 4) is 135 Å². The molecule has 0 fully saturated rings. The van der Waals surface area contributed by atoms with Crippen molar-refractivity contribution in [2.45, 2.75) is 0 Å². The summed E-state index contributed by atoms with van der Waals surface area (Å²) in [7, 11) is 0. The zero-order valence-corrected chi connectivity index (χ0v) is 70.1. The number of aromatic nitrogens is 8. The van der Waals surface area contributed by atoms with E-state index in [0.29, 0.717) is 34.9 Å². The van der Waals surface area contributed by atoms with Crippen molar-refractivity contribution in [1.29, 1.82) is 0 Å². The molecule has 0 radical (unpaired) electrons. The molecule has 130 heavy (non-hydrogen) atoms. The first-order chi connectivity index (χ1) is 64.4. The van der Waals surface area contributed by atoms with Gasteiger partial charge < -0.3 is 18.0 Å². The van der Waals surface area contributed by atoms with Gasteiger partial charge in [-0.05, 0) is 191 Å². The standard InChI is InChI=1S/C63H38N4O.C57H36N4O/c1-4-15-39(16-5-1)61-64-62(40-17-6-2-7-18-40)66-63(65-61)44-30-34-54-59(38-44)68-58-26-14-25-46(60(54)58)43-29-33-53-52-32-28-42(36-56(52)67(57(53)37-43)45-19-8-3-9-20-45)41-27-31-51-49-23-11-10-21-47(49)48-22-12-13-24-50(48)55(51)35-41;1-5-15-37(16-6-1)40-21-13-22-43(33-40)56-58-55(39-19-9-3-10-20-39)59-57(60-56)44-28-31-48-53(36-44)62-52-26-14-25-46(54(48)52)42-27-30-47-49-34-41(38-17-7-2-8-18-38)29-32-50(49)61(51(47)35-42)45-23-11-4-12-24-45/h1-38H;1-36H. The molecular formula is C120H74N8O2. The highest BCUT2D eigenvalue weighted by molar-refractivity contribution is 6.26. The second kappa shape index (κ2) is 31.3. The van der Waals surface area contributed by atoms with E-state index in [0.717, 1.165) is 139 Å². The molecular weight excluding hydrogens is 1590 g/mol. The van der Waals surface area contributed by atoms with E-state index in [9.17, 15) is 0 Å². The molecule has 20 aromatic carbocycles. The van der Waals surface area contributed by atoms with Gasteiger partial charge in [0.2, 0.25) is 0 Å². The minimum absolute atomic E-state index is 0.580. The van der Waals surface area contributed by atoms with E-state index >= 15 is 0 Å². The second-order valence-corrected chi connectivity index (χ2v) is 33.1. The Bertz CT molecular complexity index is 8870. The maximum Gasteiger partial charge on any atom is 0.164 e. The van der Waals surface area contributed by atoms with Crippen LogP contribution in [0.1, 0.15) is 0 Å². The third-order valence-corrected chi connectivity index (χ3v) is 25.5. The fourth-order valence-corrected chi connectivity index (χ4v) is 19.3. The van der Waals surface area contributed by atoms with E-state index in [-0.39, 0.29) is 0 Å². The molecule has 0 N–H and O–H groups in total. The van der Waals surface area contributed by atoms with Gasteiger partial charge in [0.05, 0.1) is 22.1 Å². The molecule has 10 nitrogen and oxygen atoms in total. The van der Waals surface area contributed by atoms with Gasteiger partial charge in [0.15, 0.2) is 34.9 Å². The molecule has 26 rings (SSSR count). The minimum atomic E-state index is 0.580. The van der Waals surface area contributed by atoms with Gasteiger partial charge in [-0.15, -0.1) is 0 Å². The zero-order chi connectivity index (χ0) is 85.7. The number of nitrogens with zero attached hydrogens (tertiary/aromatic N) is 8. The summed E-state index contributed by atoms with van der Waals surface area (Å²) in [6.07, 6.45) is 0. The molecule has 0 saturated heterocycles. The summed E-state index contributed by atoms with van der Waals surface area (Å²) in [4.78, 5) is 30.0. The van der Waals surface area contributed by atoms with Gasteiger partial charge in [0, 0.05) is 87.8 Å². The number of hydrogen-bond donors (Lipinski definition) is 0. The van der Waals surface area contributed by atoms with Crippen LogP contribution in [-0.4, -0.2) is 39.0 Å². The van der Waals surface area contributed by atoms with Gasteiger partial charge in [0.1, 0.15) is 22.3 Å². The Hall–Kier alpha value is -17.6. The highest BCUT2D eigenvalue weighted by Crippen LogP contribution is 2.47. The Balaban J connectivity index is 0.000000141. The van der Waals surface area contributed by atoms with E-state index in [1.165, 1.54) is 81.6 Å². The van der Waals surface area contributed by atoms with Gasteiger partial charge >= 0.3 is 0 Å². The molecule has 606 valence electrons. The number of furan rings is 2. The van der Waals surface area contributed by atoms with Gasteiger partial charge in [-0.25, -0.2) is 29.9 Å². The largest absolute Gasteiger partial charge is 0.456 e.